The summed E-state index contributed by atoms with van der Waals surface area (Å²) < 4.78 is 55.2. The lowest BCUT2D eigenvalue weighted by molar-refractivity contribution is -0.348. The number of ether oxygens (including phenoxy) is 10. The lowest BCUT2D eigenvalue weighted by Gasteiger charge is -2.47. The molecule has 0 spiro atoms. The summed E-state index contributed by atoms with van der Waals surface area (Å²) in [6.07, 6.45) is -11.2. The fourth-order valence-electron chi connectivity index (χ4n) is 4.84. The summed E-state index contributed by atoms with van der Waals surface area (Å²) >= 11 is 4.15. The van der Waals surface area contributed by atoms with E-state index in [0.717, 1.165) is 25.2 Å². The normalized spacial score (nSPS) is 30.4. The van der Waals surface area contributed by atoms with Crippen LogP contribution in [0.2, 0.25) is 0 Å². The average Bonchev–Trinajstić information content (AvgIpc) is 3.09. The van der Waals surface area contributed by atoms with Gasteiger partial charge in [0.05, 0.1) is 92.5 Å². The van der Waals surface area contributed by atoms with Crippen molar-refractivity contribution < 1.29 is 82.8 Å². The van der Waals surface area contributed by atoms with E-state index in [-0.39, 0.29) is 19.8 Å². The number of aliphatic hydroxyl groups is 6. The summed E-state index contributed by atoms with van der Waals surface area (Å²) in [5, 5.41) is 63.4. The van der Waals surface area contributed by atoms with Gasteiger partial charge in [0.1, 0.15) is 48.8 Å². The van der Waals surface area contributed by atoms with Gasteiger partial charge < -0.3 is 83.3 Å². The molecule has 0 aliphatic carbocycles. The van der Waals surface area contributed by atoms with Crippen LogP contribution < -0.4 is 5.32 Å². The molecule has 2 fully saturated rings. The van der Waals surface area contributed by atoms with Gasteiger partial charge in [-0.25, -0.2) is 0 Å². The Labute approximate surface area is 292 Å². The maximum absolute atomic E-state index is 11.9. The molecule has 2 aliphatic heterocycles. The summed E-state index contributed by atoms with van der Waals surface area (Å²) in [6, 6.07) is -1.17. The van der Waals surface area contributed by atoms with Crippen LogP contribution in [0.15, 0.2) is 0 Å². The van der Waals surface area contributed by atoms with E-state index in [0.29, 0.717) is 59.5 Å². The molecule has 18 nitrogen and oxygen atoms in total. The van der Waals surface area contributed by atoms with E-state index in [2.05, 4.69) is 17.9 Å². The average molecular weight is 736 g/mol. The smallest absolute Gasteiger partial charge is 0.217 e. The van der Waals surface area contributed by atoms with Gasteiger partial charge in [-0.3, -0.25) is 4.79 Å². The number of hydrogen-bond donors (Lipinski definition) is 8. The minimum atomic E-state index is -1.75. The first-order valence-corrected chi connectivity index (χ1v) is 17.2. The van der Waals surface area contributed by atoms with Crippen LogP contribution >= 0.6 is 12.6 Å². The molecule has 10 atom stereocenters. The van der Waals surface area contributed by atoms with E-state index in [1.165, 1.54) is 6.92 Å². The molecule has 290 valence electrons. The predicted molar refractivity (Wildman–Crippen MR) is 172 cm³/mol. The van der Waals surface area contributed by atoms with Crippen molar-refractivity contribution in [3.63, 3.8) is 0 Å². The second kappa shape index (κ2) is 26.9. The fourth-order valence-corrected chi connectivity index (χ4v) is 5.06. The lowest BCUT2D eigenvalue weighted by Crippen LogP contribution is -2.67. The molecule has 0 radical (unpaired) electrons. The van der Waals surface area contributed by atoms with E-state index in [1.54, 1.807) is 0 Å². The van der Waals surface area contributed by atoms with Gasteiger partial charge in [0.25, 0.3) is 0 Å². The molecule has 2 rings (SSSR count). The van der Waals surface area contributed by atoms with Gasteiger partial charge in [-0.1, -0.05) is 0 Å². The molecule has 0 aromatic heterocycles. The molecule has 2 saturated heterocycles. The molecule has 0 bridgehead atoms. The number of nitrogens with one attached hydrogen (secondary N) is 1. The standard InChI is InChI=1S/C30H57NO17S/c1-20(34)31-23-25(36)28(48-30-27(38)26(37)24(35)21(18-32)46-30)22(19-33)47-29(23)45-16-15-44-14-13-43-12-11-42-10-9-41-8-7-40-6-5-39-4-2-3-17-49/h21-30,32-33,35-38,49H,2-19H2,1H3,(H,31,34). The Morgan fingerprint density at radius 1 is 0.612 bits per heavy atom. The third kappa shape index (κ3) is 17.0. The van der Waals surface area contributed by atoms with Crippen LogP contribution in [0.1, 0.15) is 19.8 Å². The van der Waals surface area contributed by atoms with Gasteiger partial charge in [0, 0.05) is 13.5 Å². The van der Waals surface area contributed by atoms with E-state index in [4.69, 9.17) is 47.4 Å². The Balaban J connectivity index is 1.57. The molecule has 0 aromatic carbocycles. The van der Waals surface area contributed by atoms with Crippen LogP contribution in [0.3, 0.4) is 0 Å². The quantitative estimate of drug-likeness (QED) is 0.0288. The van der Waals surface area contributed by atoms with Crippen molar-refractivity contribution in [1.82, 2.24) is 5.32 Å². The van der Waals surface area contributed by atoms with Gasteiger partial charge >= 0.3 is 0 Å². The second-order valence-electron chi connectivity index (χ2n) is 11.2. The number of thiol groups is 1. The second-order valence-corrected chi connectivity index (χ2v) is 11.7. The van der Waals surface area contributed by atoms with Gasteiger partial charge in [-0.2, -0.15) is 12.6 Å². The molecule has 2 heterocycles. The van der Waals surface area contributed by atoms with Gasteiger partial charge in [0.2, 0.25) is 5.91 Å². The number of aliphatic hydroxyl groups excluding tert-OH is 6. The predicted octanol–water partition coefficient (Wildman–Crippen LogP) is -3.42. The van der Waals surface area contributed by atoms with Crippen LogP contribution in [0, 0.1) is 0 Å². The summed E-state index contributed by atoms with van der Waals surface area (Å²) in [4.78, 5) is 11.9. The van der Waals surface area contributed by atoms with Crippen LogP contribution in [-0.2, 0) is 52.2 Å². The largest absolute Gasteiger partial charge is 0.394 e. The monoisotopic (exact) mass is 735 g/mol. The van der Waals surface area contributed by atoms with E-state index < -0.39 is 80.5 Å². The summed E-state index contributed by atoms with van der Waals surface area (Å²) in [5.41, 5.74) is 0. The van der Waals surface area contributed by atoms with E-state index >= 15 is 0 Å². The molecular formula is C30H57NO17S. The highest BCUT2D eigenvalue weighted by atomic mass is 32.1. The molecule has 2 aliphatic rings. The Bertz CT molecular complexity index is 835. The van der Waals surface area contributed by atoms with Crippen LogP contribution in [0.5, 0.6) is 0 Å². The summed E-state index contributed by atoms with van der Waals surface area (Å²) in [6.45, 7) is 5.04. The molecule has 49 heavy (non-hydrogen) atoms. The zero-order valence-electron chi connectivity index (χ0n) is 28.1. The Kier molecular flexibility index (Phi) is 24.3. The number of unbranched alkanes of at least 4 members (excludes halogenated alkanes) is 1. The van der Waals surface area contributed by atoms with E-state index in [9.17, 15) is 35.4 Å². The van der Waals surface area contributed by atoms with Crippen LogP contribution in [0.25, 0.3) is 0 Å². The minimum Gasteiger partial charge on any atom is -0.394 e. The lowest BCUT2D eigenvalue weighted by atomic mass is 9.95. The molecule has 10 unspecified atom stereocenters. The highest BCUT2D eigenvalue weighted by Gasteiger charge is 2.51. The molecule has 19 heteroatoms. The van der Waals surface area contributed by atoms with Crippen molar-refractivity contribution in [2.24, 2.45) is 0 Å². The van der Waals surface area contributed by atoms with Gasteiger partial charge in [-0.15, -0.1) is 0 Å². The number of rotatable bonds is 28. The zero-order valence-corrected chi connectivity index (χ0v) is 29.0. The number of hydrogen-bond acceptors (Lipinski definition) is 18. The zero-order chi connectivity index (χ0) is 35.9. The third-order valence-corrected chi connectivity index (χ3v) is 7.75. The van der Waals surface area contributed by atoms with Crippen LogP contribution in [0.4, 0.5) is 0 Å². The van der Waals surface area contributed by atoms with Crippen molar-refractivity contribution in [3.8, 4) is 0 Å². The maximum atomic E-state index is 11.9. The molecule has 1 amide bonds. The Morgan fingerprint density at radius 2 is 1.08 bits per heavy atom. The van der Waals surface area contributed by atoms with Crippen molar-refractivity contribution in [2.45, 2.75) is 81.1 Å². The van der Waals surface area contributed by atoms with Crippen LogP contribution in [-0.4, -0.2) is 203 Å². The number of amides is 1. The molecule has 7 N–H and O–H groups in total. The summed E-state index contributed by atoms with van der Waals surface area (Å²) in [7, 11) is 0. The number of carbonyl (C=O) groups is 1. The highest BCUT2D eigenvalue weighted by molar-refractivity contribution is 7.80. The SMILES string of the molecule is CC(=O)NC1C(OCCOCCOCCOCCOCCOCCOCCCCS)OC(CO)C(OC2OC(CO)C(O)C(O)C2O)C1O. The topological polar surface area (TPSA) is 243 Å². The number of carbonyl (C=O) groups excluding carboxylic acids is 1. The first kappa shape index (κ1) is 44.3. The maximum Gasteiger partial charge on any atom is 0.217 e. The third-order valence-electron chi connectivity index (χ3n) is 7.43. The first-order chi connectivity index (χ1) is 23.7. The molecule has 0 saturated carbocycles. The van der Waals surface area contributed by atoms with Crippen molar-refractivity contribution >= 4 is 18.5 Å². The van der Waals surface area contributed by atoms with E-state index in [1.807, 2.05) is 0 Å². The molecular weight excluding hydrogens is 678 g/mol. The minimum absolute atomic E-state index is 0.00248. The Hall–Kier alpha value is -0.820. The fraction of sp³-hybridized carbons (Fsp3) is 0.967. The van der Waals surface area contributed by atoms with Crippen molar-refractivity contribution in [1.29, 1.82) is 0 Å². The highest BCUT2D eigenvalue weighted by Crippen LogP contribution is 2.29. The Morgan fingerprint density at radius 3 is 1.55 bits per heavy atom. The first-order valence-electron chi connectivity index (χ1n) is 16.6. The van der Waals surface area contributed by atoms with Gasteiger partial charge in [-0.05, 0) is 18.6 Å². The van der Waals surface area contributed by atoms with Crippen molar-refractivity contribution in [3.05, 3.63) is 0 Å². The van der Waals surface area contributed by atoms with Gasteiger partial charge in [0.15, 0.2) is 12.6 Å². The van der Waals surface area contributed by atoms with Crippen molar-refractivity contribution in [2.75, 3.05) is 105 Å². The molecule has 0 aromatic rings. The summed E-state index contributed by atoms with van der Waals surface area (Å²) in [5.74, 6) is 0.356.